The zero-order chi connectivity index (χ0) is 12.7. The highest BCUT2D eigenvalue weighted by Gasteiger charge is 2.05. The third kappa shape index (κ3) is 5.81. The fourth-order valence-electron chi connectivity index (χ4n) is 1.31. The van der Waals surface area contributed by atoms with Gasteiger partial charge < -0.3 is 15.2 Å². The van der Waals surface area contributed by atoms with E-state index in [4.69, 9.17) is 9.84 Å². The van der Waals surface area contributed by atoms with Gasteiger partial charge in [-0.05, 0) is 32.9 Å². The molecule has 0 radical (unpaired) electrons. The molecular weight excluding hydrogens is 238 g/mol. The predicted molar refractivity (Wildman–Crippen MR) is 68.7 cm³/mol. The van der Waals surface area contributed by atoms with Crippen molar-refractivity contribution in [1.82, 2.24) is 5.32 Å². The van der Waals surface area contributed by atoms with Gasteiger partial charge >= 0.3 is 5.97 Å². The number of nitrogens with one attached hydrogen (secondary N) is 1. The van der Waals surface area contributed by atoms with Crippen LogP contribution in [-0.2, 0) is 11.3 Å². The van der Waals surface area contributed by atoms with Crippen molar-refractivity contribution in [3.05, 3.63) is 21.9 Å². The molecule has 1 aromatic rings. The molecule has 0 atom stereocenters. The molecule has 0 bridgehead atoms. The number of aromatic carboxylic acids is 1. The summed E-state index contributed by atoms with van der Waals surface area (Å²) < 4.78 is 5.41. The molecule has 0 aliphatic carbocycles. The van der Waals surface area contributed by atoms with E-state index in [2.05, 4.69) is 5.32 Å². The standard InChI is InChI=1S/C12H19NO3S/c1-9(2)16-5-3-4-13-7-11-6-10(8-17-11)12(14)15/h6,8-9,13H,3-5,7H2,1-2H3,(H,14,15). The first-order valence-electron chi connectivity index (χ1n) is 5.72. The number of rotatable bonds is 8. The average molecular weight is 257 g/mol. The van der Waals surface area contributed by atoms with Gasteiger partial charge in [-0.1, -0.05) is 0 Å². The lowest BCUT2D eigenvalue weighted by Crippen LogP contribution is -2.16. The van der Waals surface area contributed by atoms with E-state index in [0.29, 0.717) is 5.56 Å². The molecule has 4 nitrogen and oxygen atoms in total. The Morgan fingerprint density at radius 3 is 2.94 bits per heavy atom. The van der Waals surface area contributed by atoms with Crippen LogP contribution in [0.4, 0.5) is 0 Å². The first-order valence-corrected chi connectivity index (χ1v) is 6.60. The molecule has 0 aliphatic heterocycles. The van der Waals surface area contributed by atoms with Gasteiger partial charge in [0.25, 0.3) is 0 Å². The number of hydrogen-bond acceptors (Lipinski definition) is 4. The van der Waals surface area contributed by atoms with Gasteiger partial charge in [-0.25, -0.2) is 4.79 Å². The SMILES string of the molecule is CC(C)OCCCNCc1cc(C(=O)O)cs1. The molecule has 0 aliphatic rings. The fourth-order valence-corrected chi connectivity index (χ4v) is 2.14. The Balaban J connectivity index is 2.11. The van der Waals surface area contributed by atoms with E-state index in [1.54, 1.807) is 11.4 Å². The van der Waals surface area contributed by atoms with Crippen molar-refractivity contribution in [2.75, 3.05) is 13.2 Å². The quantitative estimate of drug-likeness (QED) is 0.702. The Labute approximate surface area is 106 Å². The van der Waals surface area contributed by atoms with Gasteiger partial charge in [0.1, 0.15) is 0 Å². The Morgan fingerprint density at radius 1 is 1.59 bits per heavy atom. The Bertz CT molecular complexity index is 349. The van der Waals surface area contributed by atoms with Crippen molar-refractivity contribution in [3.8, 4) is 0 Å². The predicted octanol–water partition coefficient (Wildman–Crippen LogP) is 2.35. The maximum absolute atomic E-state index is 10.7. The summed E-state index contributed by atoms with van der Waals surface area (Å²) in [5, 5.41) is 13.7. The molecule has 96 valence electrons. The second-order valence-electron chi connectivity index (χ2n) is 4.06. The minimum absolute atomic E-state index is 0.283. The van der Waals surface area contributed by atoms with Crippen molar-refractivity contribution in [2.24, 2.45) is 0 Å². The number of thiophene rings is 1. The summed E-state index contributed by atoms with van der Waals surface area (Å²) in [4.78, 5) is 11.7. The van der Waals surface area contributed by atoms with Gasteiger partial charge in [-0.15, -0.1) is 11.3 Å². The summed E-state index contributed by atoms with van der Waals surface area (Å²) >= 11 is 1.47. The first-order chi connectivity index (χ1) is 8.09. The van der Waals surface area contributed by atoms with Gasteiger partial charge in [-0.2, -0.15) is 0 Å². The Kier molecular flexibility index (Phi) is 6.18. The Hall–Kier alpha value is -0.910. The van der Waals surface area contributed by atoms with Crippen molar-refractivity contribution in [1.29, 1.82) is 0 Å². The van der Waals surface area contributed by atoms with E-state index in [9.17, 15) is 4.79 Å². The maximum Gasteiger partial charge on any atom is 0.336 e. The van der Waals surface area contributed by atoms with Crippen LogP contribution in [0.15, 0.2) is 11.4 Å². The normalized spacial score (nSPS) is 11.0. The summed E-state index contributed by atoms with van der Waals surface area (Å²) in [5.41, 5.74) is 0.370. The van der Waals surface area contributed by atoms with E-state index in [-0.39, 0.29) is 6.10 Å². The summed E-state index contributed by atoms with van der Waals surface area (Å²) in [7, 11) is 0. The van der Waals surface area contributed by atoms with Gasteiger partial charge in [0.2, 0.25) is 0 Å². The highest BCUT2D eigenvalue weighted by atomic mass is 32.1. The minimum Gasteiger partial charge on any atom is -0.478 e. The topological polar surface area (TPSA) is 58.6 Å². The second-order valence-corrected chi connectivity index (χ2v) is 5.05. The molecule has 17 heavy (non-hydrogen) atoms. The van der Waals surface area contributed by atoms with E-state index >= 15 is 0 Å². The summed E-state index contributed by atoms with van der Waals surface area (Å²) in [6.07, 6.45) is 1.25. The monoisotopic (exact) mass is 257 g/mol. The lowest BCUT2D eigenvalue weighted by molar-refractivity contribution is 0.0697. The lowest BCUT2D eigenvalue weighted by Gasteiger charge is -2.07. The van der Waals surface area contributed by atoms with Crippen molar-refractivity contribution in [2.45, 2.75) is 32.9 Å². The number of hydrogen-bond donors (Lipinski definition) is 2. The van der Waals surface area contributed by atoms with Crippen LogP contribution in [0.5, 0.6) is 0 Å². The molecule has 0 aromatic carbocycles. The van der Waals surface area contributed by atoms with E-state index in [0.717, 1.165) is 31.0 Å². The number of carbonyl (C=O) groups is 1. The molecule has 1 heterocycles. The molecule has 2 N–H and O–H groups in total. The molecule has 5 heteroatoms. The van der Waals surface area contributed by atoms with E-state index in [1.165, 1.54) is 11.3 Å². The van der Waals surface area contributed by atoms with Crippen LogP contribution in [0.25, 0.3) is 0 Å². The average Bonchev–Trinajstić information content (AvgIpc) is 2.71. The van der Waals surface area contributed by atoms with Crippen molar-refractivity contribution < 1.29 is 14.6 Å². The van der Waals surface area contributed by atoms with Gasteiger partial charge in [0.05, 0.1) is 11.7 Å². The van der Waals surface area contributed by atoms with Crippen LogP contribution >= 0.6 is 11.3 Å². The molecule has 0 amide bonds. The largest absolute Gasteiger partial charge is 0.478 e. The van der Waals surface area contributed by atoms with Crippen molar-refractivity contribution >= 4 is 17.3 Å². The lowest BCUT2D eigenvalue weighted by atomic mass is 10.3. The maximum atomic E-state index is 10.7. The van der Waals surface area contributed by atoms with Gasteiger partial charge in [0, 0.05) is 23.4 Å². The van der Waals surface area contributed by atoms with Crippen LogP contribution < -0.4 is 5.32 Å². The molecular formula is C12H19NO3S. The Morgan fingerprint density at radius 2 is 2.35 bits per heavy atom. The third-order valence-corrected chi connectivity index (χ3v) is 3.09. The molecule has 0 unspecified atom stereocenters. The van der Waals surface area contributed by atoms with Crippen LogP contribution in [-0.4, -0.2) is 30.3 Å². The second kappa shape index (κ2) is 7.42. The van der Waals surface area contributed by atoms with Crippen LogP contribution in [0.3, 0.4) is 0 Å². The van der Waals surface area contributed by atoms with E-state index < -0.39 is 5.97 Å². The van der Waals surface area contributed by atoms with Crippen molar-refractivity contribution in [3.63, 3.8) is 0 Å². The molecule has 0 fully saturated rings. The molecule has 1 aromatic heterocycles. The number of carboxylic acids is 1. The number of carboxylic acid groups (broad SMARTS) is 1. The van der Waals surface area contributed by atoms with Crippen LogP contribution in [0, 0.1) is 0 Å². The van der Waals surface area contributed by atoms with Crippen LogP contribution in [0.2, 0.25) is 0 Å². The fraction of sp³-hybridized carbons (Fsp3) is 0.583. The molecule has 0 saturated heterocycles. The van der Waals surface area contributed by atoms with Gasteiger partial charge in [-0.3, -0.25) is 0 Å². The first kappa shape index (κ1) is 14.2. The smallest absolute Gasteiger partial charge is 0.336 e. The summed E-state index contributed by atoms with van der Waals surface area (Å²) in [5.74, 6) is -0.863. The summed E-state index contributed by atoms with van der Waals surface area (Å²) in [6, 6.07) is 1.71. The summed E-state index contributed by atoms with van der Waals surface area (Å²) in [6.45, 7) is 6.40. The zero-order valence-corrected chi connectivity index (χ0v) is 11.0. The number of ether oxygens (including phenoxy) is 1. The molecule has 0 saturated carbocycles. The minimum atomic E-state index is -0.863. The highest BCUT2D eigenvalue weighted by Crippen LogP contribution is 2.14. The van der Waals surface area contributed by atoms with E-state index in [1.807, 2.05) is 13.8 Å². The molecule has 0 spiro atoms. The molecule has 1 rings (SSSR count). The highest BCUT2D eigenvalue weighted by molar-refractivity contribution is 7.10. The third-order valence-electron chi connectivity index (χ3n) is 2.15. The van der Waals surface area contributed by atoms with Crippen LogP contribution in [0.1, 0.15) is 35.5 Å². The van der Waals surface area contributed by atoms with Gasteiger partial charge in [0.15, 0.2) is 0 Å². The zero-order valence-electron chi connectivity index (χ0n) is 10.2.